The van der Waals surface area contributed by atoms with Gasteiger partial charge in [-0.05, 0) is 23.7 Å². The summed E-state index contributed by atoms with van der Waals surface area (Å²) in [6.07, 6.45) is 0.694. The molecule has 0 aliphatic carbocycles. The summed E-state index contributed by atoms with van der Waals surface area (Å²) in [5, 5.41) is 10.8. The standard InChI is InChI=1S/C19H27NO3Si/c1-19(2,3)24(4,5)23-14-11-15-17(21)16(18(22)20(15)12-14)13-9-7-6-8-10-13/h6-10,14-15,21H,11-12H2,1-5H3/t14-,15-/m1/s1. The Hall–Kier alpha value is -1.59. The number of hydrogen-bond acceptors (Lipinski definition) is 3. The van der Waals surface area contributed by atoms with E-state index in [1.807, 2.05) is 30.3 Å². The van der Waals surface area contributed by atoms with Crippen molar-refractivity contribution < 1.29 is 14.3 Å². The topological polar surface area (TPSA) is 49.8 Å². The zero-order valence-electron chi connectivity index (χ0n) is 15.2. The summed E-state index contributed by atoms with van der Waals surface area (Å²) in [4.78, 5) is 14.5. The fourth-order valence-corrected chi connectivity index (χ4v) is 4.61. The Morgan fingerprint density at radius 2 is 1.83 bits per heavy atom. The van der Waals surface area contributed by atoms with Gasteiger partial charge in [0.05, 0.1) is 17.7 Å². The second-order valence-corrected chi connectivity index (χ2v) is 13.1. The molecule has 1 saturated heterocycles. The Morgan fingerprint density at radius 1 is 1.21 bits per heavy atom. The number of carbonyl (C=O) groups excluding carboxylic acids is 1. The first kappa shape index (κ1) is 17.2. The van der Waals surface area contributed by atoms with Crippen LogP contribution in [0, 0.1) is 0 Å². The molecule has 1 amide bonds. The maximum atomic E-state index is 12.8. The number of aliphatic hydroxyl groups is 1. The van der Waals surface area contributed by atoms with Crippen LogP contribution in [-0.2, 0) is 9.22 Å². The highest BCUT2D eigenvalue weighted by Crippen LogP contribution is 2.42. The van der Waals surface area contributed by atoms with Crippen LogP contribution in [0.2, 0.25) is 18.1 Å². The van der Waals surface area contributed by atoms with E-state index in [1.54, 1.807) is 4.90 Å². The van der Waals surface area contributed by atoms with Gasteiger partial charge >= 0.3 is 0 Å². The summed E-state index contributed by atoms with van der Waals surface area (Å²) >= 11 is 0. The van der Waals surface area contributed by atoms with E-state index in [0.717, 1.165) is 5.56 Å². The van der Waals surface area contributed by atoms with Crippen LogP contribution in [0.15, 0.2) is 36.1 Å². The van der Waals surface area contributed by atoms with E-state index >= 15 is 0 Å². The normalized spacial score (nSPS) is 24.7. The number of nitrogens with zero attached hydrogens (tertiary/aromatic N) is 1. The molecule has 0 aromatic heterocycles. The van der Waals surface area contributed by atoms with E-state index in [9.17, 15) is 9.90 Å². The summed E-state index contributed by atoms with van der Waals surface area (Å²) in [6, 6.07) is 9.18. The second-order valence-electron chi connectivity index (χ2n) is 8.34. The first-order valence-electron chi connectivity index (χ1n) is 8.59. The first-order valence-corrected chi connectivity index (χ1v) is 11.5. The van der Waals surface area contributed by atoms with Crippen molar-refractivity contribution in [3.63, 3.8) is 0 Å². The van der Waals surface area contributed by atoms with E-state index in [1.165, 1.54) is 0 Å². The van der Waals surface area contributed by atoms with Crippen molar-refractivity contribution in [3.05, 3.63) is 41.7 Å². The summed E-state index contributed by atoms with van der Waals surface area (Å²) in [7, 11) is -1.88. The number of hydrogen-bond donors (Lipinski definition) is 1. The number of fused-ring (bicyclic) bond motifs is 1. The molecule has 1 fully saturated rings. The van der Waals surface area contributed by atoms with Crippen molar-refractivity contribution in [3.8, 4) is 0 Å². The van der Waals surface area contributed by atoms with Gasteiger partial charge in [0.25, 0.3) is 5.91 Å². The molecule has 2 atom stereocenters. The van der Waals surface area contributed by atoms with Crippen LogP contribution < -0.4 is 0 Å². The monoisotopic (exact) mass is 345 g/mol. The third kappa shape index (κ3) is 2.80. The summed E-state index contributed by atoms with van der Waals surface area (Å²) in [5.41, 5.74) is 1.24. The molecule has 1 aromatic rings. The molecule has 0 radical (unpaired) electrons. The number of carbonyl (C=O) groups is 1. The minimum atomic E-state index is -1.88. The predicted octanol–water partition coefficient (Wildman–Crippen LogP) is 3.96. The minimum Gasteiger partial charge on any atom is -0.509 e. The molecular formula is C19H27NO3Si. The average molecular weight is 346 g/mol. The molecule has 24 heavy (non-hydrogen) atoms. The molecule has 0 unspecified atom stereocenters. The van der Waals surface area contributed by atoms with E-state index in [2.05, 4.69) is 33.9 Å². The smallest absolute Gasteiger partial charge is 0.258 e. The van der Waals surface area contributed by atoms with E-state index in [-0.39, 0.29) is 28.9 Å². The Kier molecular flexibility index (Phi) is 4.12. The van der Waals surface area contributed by atoms with Crippen LogP contribution in [0.3, 0.4) is 0 Å². The molecule has 2 aliphatic rings. The van der Waals surface area contributed by atoms with Gasteiger partial charge in [0.2, 0.25) is 0 Å². The summed E-state index contributed by atoms with van der Waals surface area (Å²) in [6.45, 7) is 11.7. The fraction of sp³-hybridized carbons (Fsp3) is 0.526. The van der Waals surface area contributed by atoms with Crippen LogP contribution in [0.25, 0.3) is 5.57 Å². The molecule has 5 heteroatoms. The highest BCUT2D eigenvalue weighted by molar-refractivity contribution is 6.74. The van der Waals surface area contributed by atoms with Crippen LogP contribution in [-0.4, -0.2) is 42.9 Å². The van der Waals surface area contributed by atoms with Gasteiger partial charge in [-0.15, -0.1) is 0 Å². The summed E-state index contributed by atoms with van der Waals surface area (Å²) in [5.74, 6) is 0.123. The quantitative estimate of drug-likeness (QED) is 0.844. The van der Waals surface area contributed by atoms with Crippen LogP contribution in [0.4, 0.5) is 0 Å². The zero-order chi connectivity index (χ0) is 17.7. The molecule has 0 bridgehead atoms. The Labute approximate surface area is 145 Å². The lowest BCUT2D eigenvalue weighted by molar-refractivity contribution is -0.124. The number of amides is 1. The maximum absolute atomic E-state index is 12.8. The van der Waals surface area contributed by atoms with Crippen molar-refractivity contribution in [2.45, 2.75) is 57.5 Å². The third-order valence-electron chi connectivity index (χ3n) is 5.64. The fourth-order valence-electron chi connectivity index (χ4n) is 3.26. The molecule has 4 nitrogen and oxygen atoms in total. The largest absolute Gasteiger partial charge is 0.509 e. The lowest BCUT2D eigenvalue weighted by Gasteiger charge is -2.38. The van der Waals surface area contributed by atoms with E-state index < -0.39 is 8.32 Å². The van der Waals surface area contributed by atoms with Gasteiger partial charge in [-0.25, -0.2) is 0 Å². The van der Waals surface area contributed by atoms with Gasteiger partial charge in [-0.3, -0.25) is 4.79 Å². The lowest BCUT2D eigenvalue weighted by Crippen LogP contribution is -2.44. The van der Waals surface area contributed by atoms with Gasteiger partial charge in [-0.2, -0.15) is 0 Å². The minimum absolute atomic E-state index is 0.0133. The Balaban J connectivity index is 1.80. The second kappa shape index (κ2) is 5.74. The zero-order valence-corrected chi connectivity index (χ0v) is 16.2. The van der Waals surface area contributed by atoms with E-state index in [4.69, 9.17) is 4.43 Å². The summed E-state index contributed by atoms with van der Waals surface area (Å²) < 4.78 is 6.45. The van der Waals surface area contributed by atoms with Crippen LogP contribution in [0.5, 0.6) is 0 Å². The van der Waals surface area contributed by atoms with Crippen molar-refractivity contribution in [2.24, 2.45) is 0 Å². The Morgan fingerprint density at radius 3 is 2.38 bits per heavy atom. The molecule has 130 valence electrons. The lowest BCUT2D eigenvalue weighted by atomic mass is 10.0. The molecule has 2 aliphatic heterocycles. The highest BCUT2D eigenvalue weighted by Gasteiger charge is 2.49. The predicted molar refractivity (Wildman–Crippen MR) is 98.2 cm³/mol. The van der Waals surface area contributed by atoms with Gasteiger partial charge in [0, 0.05) is 13.0 Å². The molecule has 3 rings (SSSR count). The molecular weight excluding hydrogens is 318 g/mol. The van der Waals surface area contributed by atoms with Crippen LogP contribution in [0.1, 0.15) is 32.8 Å². The molecule has 2 heterocycles. The molecule has 0 spiro atoms. The molecule has 1 N–H and O–H groups in total. The van der Waals surface area contributed by atoms with Crippen molar-refractivity contribution in [1.29, 1.82) is 0 Å². The average Bonchev–Trinajstić information content (AvgIpc) is 2.98. The third-order valence-corrected chi connectivity index (χ3v) is 10.2. The van der Waals surface area contributed by atoms with Crippen molar-refractivity contribution in [2.75, 3.05) is 6.54 Å². The maximum Gasteiger partial charge on any atom is 0.258 e. The SMILES string of the molecule is CC(C)(C)[Si](C)(C)O[C@@H]1C[C@@H]2C(O)=C(c3ccccc3)C(=O)N2C1. The first-order chi connectivity index (χ1) is 11.1. The number of aliphatic hydroxyl groups excluding tert-OH is 1. The van der Waals surface area contributed by atoms with E-state index in [0.29, 0.717) is 18.5 Å². The molecule has 1 aromatic carbocycles. The van der Waals surface area contributed by atoms with Crippen molar-refractivity contribution in [1.82, 2.24) is 4.90 Å². The molecule has 0 saturated carbocycles. The Bertz CT molecular complexity index is 676. The van der Waals surface area contributed by atoms with Crippen LogP contribution >= 0.6 is 0 Å². The highest BCUT2D eigenvalue weighted by atomic mass is 28.4. The van der Waals surface area contributed by atoms with Gasteiger partial charge in [-0.1, -0.05) is 51.1 Å². The van der Waals surface area contributed by atoms with Gasteiger partial charge < -0.3 is 14.4 Å². The van der Waals surface area contributed by atoms with Gasteiger partial charge in [0.15, 0.2) is 8.32 Å². The number of rotatable bonds is 3. The number of benzene rings is 1. The van der Waals surface area contributed by atoms with Crippen molar-refractivity contribution >= 4 is 19.8 Å². The van der Waals surface area contributed by atoms with Gasteiger partial charge in [0.1, 0.15) is 5.76 Å².